The van der Waals surface area contributed by atoms with Gasteiger partial charge < -0.3 is 5.73 Å². The minimum Gasteiger partial charge on any atom is -0.326 e. The lowest BCUT2D eigenvalue weighted by Crippen LogP contribution is -2.32. The Morgan fingerprint density at radius 2 is 1.75 bits per heavy atom. The molecule has 1 aromatic rings. The van der Waals surface area contributed by atoms with Gasteiger partial charge in [0, 0.05) is 19.6 Å². The molecule has 4 nitrogen and oxygen atoms in total. The van der Waals surface area contributed by atoms with Crippen molar-refractivity contribution in [3.63, 3.8) is 0 Å². The number of aryl methyl sites for hydroxylation is 1. The highest BCUT2D eigenvalue weighted by atomic mass is 32.2. The number of hydrogen-bond acceptors (Lipinski definition) is 3. The van der Waals surface area contributed by atoms with Crippen LogP contribution in [0, 0.1) is 0 Å². The summed E-state index contributed by atoms with van der Waals surface area (Å²) < 4.78 is 27.0. The van der Waals surface area contributed by atoms with Gasteiger partial charge >= 0.3 is 0 Å². The minimum atomic E-state index is -3.37. The lowest BCUT2D eigenvalue weighted by atomic mass is 10.1. The smallest absolute Gasteiger partial charge is 0.243 e. The van der Waals surface area contributed by atoms with Crippen LogP contribution in [-0.4, -0.2) is 25.8 Å². The SMILES string of the molecule is CCc1ccc(S(=O)(=O)N2CCCCCC2)cc1CN. The van der Waals surface area contributed by atoms with Crippen molar-refractivity contribution in [1.82, 2.24) is 4.31 Å². The molecule has 0 spiro atoms. The number of nitrogens with two attached hydrogens (primary N) is 1. The van der Waals surface area contributed by atoms with Crippen LogP contribution in [0.4, 0.5) is 0 Å². The van der Waals surface area contributed by atoms with Crippen LogP contribution in [0.5, 0.6) is 0 Å². The highest BCUT2D eigenvalue weighted by molar-refractivity contribution is 7.89. The molecule has 1 saturated heterocycles. The van der Waals surface area contributed by atoms with E-state index in [9.17, 15) is 8.42 Å². The van der Waals surface area contributed by atoms with E-state index in [0.29, 0.717) is 24.5 Å². The van der Waals surface area contributed by atoms with Gasteiger partial charge in [-0.3, -0.25) is 0 Å². The van der Waals surface area contributed by atoms with Gasteiger partial charge in [-0.05, 0) is 42.5 Å². The van der Waals surface area contributed by atoms with Crippen molar-refractivity contribution >= 4 is 10.0 Å². The van der Waals surface area contributed by atoms with Crippen LogP contribution in [0.15, 0.2) is 23.1 Å². The molecule has 0 unspecified atom stereocenters. The average Bonchev–Trinajstić information content (AvgIpc) is 2.76. The summed E-state index contributed by atoms with van der Waals surface area (Å²) in [7, 11) is -3.37. The van der Waals surface area contributed by atoms with Crippen molar-refractivity contribution in [2.75, 3.05) is 13.1 Å². The zero-order valence-electron chi connectivity index (χ0n) is 12.1. The molecular formula is C15H24N2O2S. The monoisotopic (exact) mass is 296 g/mol. The number of rotatable bonds is 4. The third-order valence-corrected chi connectivity index (χ3v) is 5.88. The summed E-state index contributed by atoms with van der Waals surface area (Å²) >= 11 is 0. The fourth-order valence-corrected chi connectivity index (χ4v) is 4.30. The van der Waals surface area contributed by atoms with E-state index in [1.54, 1.807) is 16.4 Å². The van der Waals surface area contributed by atoms with Gasteiger partial charge in [-0.2, -0.15) is 4.31 Å². The molecule has 2 N–H and O–H groups in total. The summed E-state index contributed by atoms with van der Waals surface area (Å²) in [5.74, 6) is 0. The molecule has 0 bridgehead atoms. The molecule has 0 aliphatic carbocycles. The molecule has 20 heavy (non-hydrogen) atoms. The Hall–Kier alpha value is -0.910. The molecule has 5 heteroatoms. The van der Waals surface area contributed by atoms with Crippen LogP contribution in [0.3, 0.4) is 0 Å². The molecule has 2 rings (SSSR count). The zero-order chi connectivity index (χ0) is 14.6. The first-order valence-corrected chi connectivity index (χ1v) is 8.85. The molecule has 1 heterocycles. The maximum atomic E-state index is 12.7. The van der Waals surface area contributed by atoms with Crippen LogP contribution >= 0.6 is 0 Å². The quantitative estimate of drug-likeness (QED) is 0.927. The fourth-order valence-electron chi connectivity index (χ4n) is 2.73. The number of nitrogens with zero attached hydrogens (tertiary/aromatic N) is 1. The molecule has 1 fully saturated rings. The second kappa shape index (κ2) is 6.70. The standard InChI is InChI=1S/C15H24N2O2S/c1-2-13-7-8-15(11-14(13)12-16)20(18,19)17-9-5-3-4-6-10-17/h7-8,11H,2-6,9-10,12,16H2,1H3. The number of benzene rings is 1. The van der Waals surface area contributed by atoms with E-state index in [4.69, 9.17) is 5.73 Å². The van der Waals surface area contributed by atoms with E-state index < -0.39 is 10.0 Å². The zero-order valence-corrected chi connectivity index (χ0v) is 13.0. The molecule has 0 saturated carbocycles. The summed E-state index contributed by atoms with van der Waals surface area (Å²) in [6, 6.07) is 5.37. The predicted molar refractivity (Wildman–Crippen MR) is 80.9 cm³/mol. The summed E-state index contributed by atoms with van der Waals surface area (Å²) in [5.41, 5.74) is 7.79. The van der Waals surface area contributed by atoms with Gasteiger partial charge in [-0.15, -0.1) is 0 Å². The van der Waals surface area contributed by atoms with E-state index >= 15 is 0 Å². The Morgan fingerprint density at radius 1 is 1.10 bits per heavy atom. The van der Waals surface area contributed by atoms with E-state index in [2.05, 4.69) is 6.92 Å². The molecule has 1 aliphatic heterocycles. The van der Waals surface area contributed by atoms with Crippen molar-refractivity contribution < 1.29 is 8.42 Å². The van der Waals surface area contributed by atoms with Gasteiger partial charge in [-0.25, -0.2) is 8.42 Å². The summed E-state index contributed by atoms with van der Waals surface area (Å²) in [5, 5.41) is 0. The fraction of sp³-hybridized carbons (Fsp3) is 0.600. The summed E-state index contributed by atoms with van der Waals surface area (Å²) in [4.78, 5) is 0.386. The van der Waals surface area contributed by atoms with Crippen molar-refractivity contribution in [3.8, 4) is 0 Å². The average molecular weight is 296 g/mol. The Morgan fingerprint density at radius 3 is 2.30 bits per heavy atom. The second-order valence-corrected chi connectivity index (χ2v) is 7.24. The van der Waals surface area contributed by atoms with Crippen LogP contribution in [0.25, 0.3) is 0 Å². The normalized spacial score (nSPS) is 17.9. The van der Waals surface area contributed by atoms with Crippen LogP contribution in [-0.2, 0) is 23.0 Å². The predicted octanol–water partition coefficient (Wildman–Crippen LogP) is 2.27. The first-order valence-electron chi connectivity index (χ1n) is 7.41. The van der Waals surface area contributed by atoms with Crippen molar-refractivity contribution in [2.24, 2.45) is 5.73 Å². The maximum Gasteiger partial charge on any atom is 0.243 e. The molecule has 0 radical (unpaired) electrons. The highest BCUT2D eigenvalue weighted by Crippen LogP contribution is 2.22. The van der Waals surface area contributed by atoms with Crippen molar-refractivity contribution in [1.29, 1.82) is 0 Å². The van der Waals surface area contributed by atoms with Gasteiger partial charge in [-0.1, -0.05) is 25.8 Å². The largest absolute Gasteiger partial charge is 0.326 e. The Labute approximate surface area is 122 Å². The first kappa shape index (κ1) is 15.5. The minimum absolute atomic E-state index is 0.381. The van der Waals surface area contributed by atoms with E-state index in [1.165, 1.54) is 0 Å². The maximum absolute atomic E-state index is 12.7. The molecule has 112 valence electrons. The van der Waals surface area contributed by atoms with Crippen LogP contribution in [0.1, 0.15) is 43.7 Å². The molecule has 0 atom stereocenters. The van der Waals surface area contributed by atoms with Crippen LogP contribution in [0.2, 0.25) is 0 Å². The lowest BCUT2D eigenvalue weighted by molar-refractivity contribution is 0.423. The molecule has 0 aromatic heterocycles. The molecule has 1 aromatic carbocycles. The molecule has 1 aliphatic rings. The Balaban J connectivity index is 2.33. The van der Waals surface area contributed by atoms with Gasteiger partial charge in [0.2, 0.25) is 10.0 Å². The Bertz CT molecular complexity index is 547. The van der Waals surface area contributed by atoms with Gasteiger partial charge in [0.1, 0.15) is 0 Å². The third-order valence-electron chi connectivity index (χ3n) is 3.98. The van der Waals surface area contributed by atoms with Gasteiger partial charge in [0.25, 0.3) is 0 Å². The third kappa shape index (κ3) is 3.22. The Kier molecular flexibility index (Phi) is 5.18. The molecular weight excluding hydrogens is 272 g/mol. The summed E-state index contributed by atoms with van der Waals surface area (Å²) in [6.07, 6.45) is 5.02. The second-order valence-electron chi connectivity index (χ2n) is 5.31. The number of sulfonamides is 1. The number of hydrogen-bond donors (Lipinski definition) is 1. The van der Waals surface area contributed by atoms with E-state index in [1.807, 2.05) is 6.07 Å². The summed E-state index contributed by atoms with van der Waals surface area (Å²) in [6.45, 7) is 3.70. The van der Waals surface area contributed by atoms with Gasteiger partial charge in [0.15, 0.2) is 0 Å². The van der Waals surface area contributed by atoms with Gasteiger partial charge in [0.05, 0.1) is 4.90 Å². The van der Waals surface area contributed by atoms with Crippen LogP contribution < -0.4 is 5.73 Å². The van der Waals surface area contributed by atoms with Crippen molar-refractivity contribution in [2.45, 2.75) is 50.5 Å². The van der Waals surface area contributed by atoms with E-state index in [-0.39, 0.29) is 0 Å². The van der Waals surface area contributed by atoms with Crippen molar-refractivity contribution in [3.05, 3.63) is 29.3 Å². The first-order chi connectivity index (χ1) is 9.59. The molecule has 0 amide bonds. The highest BCUT2D eigenvalue weighted by Gasteiger charge is 2.25. The topological polar surface area (TPSA) is 63.4 Å². The van der Waals surface area contributed by atoms with E-state index in [0.717, 1.165) is 43.2 Å². The lowest BCUT2D eigenvalue weighted by Gasteiger charge is -2.20.